The molecule has 0 amide bonds. The monoisotopic (exact) mass is 368 g/mol. The third-order valence-corrected chi connectivity index (χ3v) is 4.73. The van der Waals surface area contributed by atoms with E-state index >= 15 is 0 Å². The minimum Gasteiger partial charge on any atom is -0.464 e. The van der Waals surface area contributed by atoms with Gasteiger partial charge in [0.15, 0.2) is 6.10 Å². The van der Waals surface area contributed by atoms with Crippen molar-refractivity contribution in [2.75, 3.05) is 13.2 Å². The van der Waals surface area contributed by atoms with Gasteiger partial charge in [-0.25, -0.2) is 4.79 Å². The van der Waals surface area contributed by atoms with E-state index < -0.39 is 6.10 Å². The molecule has 1 unspecified atom stereocenters. The van der Waals surface area contributed by atoms with Crippen LogP contribution in [-0.4, -0.2) is 25.3 Å². The molecule has 0 radical (unpaired) electrons. The molecule has 0 heterocycles. The first-order chi connectivity index (χ1) is 13.0. The summed E-state index contributed by atoms with van der Waals surface area (Å²) in [5, 5.41) is 0. The van der Waals surface area contributed by atoms with Gasteiger partial charge in [-0.05, 0) is 33.6 Å². The standard InChI is InChI=1S/C24H32O3/c1-4-26-21(22(25)27-5-2)13-9-6-7-10-14-23(3)17-19-24(20-18-23)15-11-8-12-16-24/h6,9-12,14-21H,4-5,7-8,13H2,1-3H3/b9-6-,14-10-. The fraction of sp³-hybridized carbons (Fsp3) is 0.458. The summed E-state index contributed by atoms with van der Waals surface area (Å²) in [6.45, 7) is 6.77. The zero-order valence-corrected chi connectivity index (χ0v) is 16.8. The van der Waals surface area contributed by atoms with Gasteiger partial charge in [-0.3, -0.25) is 0 Å². The Labute approximate surface area is 163 Å². The van der Waals surface area contributed by atoms with Crippen molar-refractivity contribution in [2.45, 2.75) is 46.1 Å². The van der Waals surface area contributed by atoms with Crippen molar-refractivity contribution < 1.29 is 14.3 Å². The topological polar surface area (TPSA) is 35.5 Å². The summed E-state index contributed by atoms with van der Waals surface area (Å²) in [6.07, 6.45) is 28.3. The Kier molecular flexibility index (Phi) is 8.05. The summed E-state index contributed by atoms with van der Waals surface area (Å²) >= 11 is 0. The summed E-state index contributed by atoms with van der Waals surface area (Å²) in [7, 11) is 0. The lowest BCUT2D eigenvalue weighted by Gasteiger charge is -2.30. The highest BCUT2D eigenvalue weighted by Gasteiger charge is 2.26. The molecule has 0 bridgehead atoms. The van der Waals surface area contributed by atoms with Gasteiger partial charge in [-0.1, -0.05) is 72.9 Å². The number of esters is 1. The molecule has 146 valence electrons. The molecule has 0 aliphatic heterocycles. The lowest BCUT2D eigenvalue weighted by molar-refractivity contribution is -0.156. The quantitative estimate of drug-likeness (QED) is 0.399. The van der Waals surface area contributed by atoms with Gasteiger partial charge in [0.05, 0.1) is 6.61 Å². The molecule has 1 atom stereocenters. The Hall–Kier alpha value is -2.13. The summed E-state index contributed by atoms with van der Waals surface area (Å²) in [4.78, 5) is 11.8. The van der Waals surface area contributed by atoms with Crippen molar-refractivity contribution in [1.82, 2.24) is 0 Å². The second-order valence-electron chi connectivity index (χ2n) is 7.11. The largest absolute Gasteiger partial charge is 0.464 e. The molecule has 1 spiro atoms. The highest BCUT2D eigenvalue weighted by molar-refractivity contribution is 5.74. The Morgan fingerprint density at radius 2 is 1.70 bits per heavy atom. The highest BCUT2D eigenvalue weighted by atomic mass is 16.6. The molecule has 0 saturated carbocycles. The molecule has 2 rings (SSSR count). The predicted octanol–water partition coefficient (Wildman–Crippen LogP) is 5.48. The average Bonchev–Trinajstić information content (AvgIpc) is 2.67. The molecule has 3 heteroatoms. The molecule has 2 aliphatic carbocycles. The summed E-state index contributed by atoms with van der Waals surface area (Å²) in [5.41, 5.74) is -0.0934. The number of rotatable bonds is 9. The summed E-state index contributed by atoms with van der Waals surface area (Å²) < 4.78 is 10.5. The van der Waals surface area contributed by atoms with Crippen LogP contribution in [0.5, 0.6) is 0 Å². The fourth-order valence-electron chi connectivity index (χ4n) is 3.16. The second-order valence-corrected chi connectivity index (χ2v) is 7.11. The fourth-order valence-corrected chi connectivity index (χ4v) is 3.16. The first kappa shape index (κ1) is 21.2. The maximum atomic E-state index is 11.8. The van der Waals surface area contributed by atoms with Crippen molar-refractivity contribution in [2.24, 2.45) is 10.8 Å². The zero-order chi connectivity index (χ0) is 19.6. The van der Waals surface area contributed by atoms with E-state index in [-0.39, 0.29) is 16.8 Å². The lowest BCUT2D eigenvalue weighted by Crippen LogP contribution is -2.26. The third-order valence-electron chi connectivity index (χ3n) is 4.73. The Morgan fingerprint density at radius 1 is 1.00 bits per heavy atom. The SMILES string of the molecule is CCOC(=O)C(C/C=C\C/C=C\C1(C)C=CC2(C=CCC=C2)C=C1)OCC. The molecule has 2 aliphatic rings. The van der Waals surface area contributed by atoms with Gasteiger partial charge in [0.2, 0.25) is 0 Å². The van der Waals surface area contributed by atoms with Gasteiger partial charge in [0, 0.05) is 23.9 Å². The minimum atomic E-state index is -0.510. The van der Waals surface area contributed by atoms with Gasteiger partial charge in [0.1, 0.15) is 0 Å². The van der Waals surface area contributed by atoms with Crippen LogP contribution in [0, 0.1) is 10.8 Å². The smallest absolute Gasteiger partial charge is 0.335 e. The van der Waals surface area contributed by atoms with E-state index in [1.54, 1.807) is 6.92 Å². The number of carbonyl (C=O) groups excluding carboxylic acids is 1. The number of hydrogen-bond donors (Lipinski definition) is 0. The second kappa shape index (κ2) is 10.3. The molecule has 0 aromatic heterocycles. The molecule has 0 N–H and O–H groups in total. The van der Waals surface area contributed by atoms with Crippen LogP contribution in [0.25, 0.3) is 0 Å². The summed E-state index contributed by atoms with van der Waals surface area (Å²) in [5.74, 6) is -0.288. The number of hydrogen-bond acceptors (Lipinski definition) is 3. The molecule has 0 aromatic carbocycles. The van der Waals surface area contributed by atoms with Crippen LogP contribution in [0.1, 0.15) is 40.0 Å². The van der Waals surface area contributed by atoms with E-state index in [2.05, 4.69) is 73.8 Å². The summed E-state index contributed by atoms with van der Waals surface area (Å²) in [6, 6.07) is 0. The van der Waals surface area contributed by atoms with Crippen molar-refractivity contribution in [3.63, 3.8) is 0 Å². The van der Waals surface area contributed by atoms with Crippen molar-refractivity contribution >= 4 is 5.97 Å². The predicted molar refractivity (Wildman–Crippen MR) is 111 cm³/mol. The van der Waals surface area contributed by atoms with Crippen LogP contribution in [0.2, 0.25) is 0 Å². The number of allylic oxidation sites excluding steroid dienone is 11. The van der Waals surface area contributed by atoms with Crippen LogP contribution in [0.4, 0.5) is 0 Å². The molecule has 27 heavy (non-hydrogen) atoms. The van der Waals surface area contributed by atoms with Crippen molar-refractivity contribution in [3.05, 3.63) is 72.9 Å². The average molecular weight is 369 g/mol. The van der Waals surface area contributed by atoms with Gasteiger partial charge < -0.3 is 9.47 Å². The zero-order valence-electron chi connectivity index (χ0n) is 16.8. The molecule has 0 saturated heterocycles. The maximum absolute atomic E-state index is 11.8. The molecule has 3 nitrogen and oxygen atoms in total. The molecular formula is C24H32O3. The van der Waals surface area contributed by atoms with Crippen LogP contribution in [0.3, 0.4) is 0 Å². The van der Waals surface area contributed by atoms with Crippen LogP contribution in [0.15, 0.2) is 72.9 Å². The van der Waals surface area contributed by atoms with Crippen LogP contribution in [-0.2, 0) is 14.3 Å². The van der Waals surface area contributed by atoms with E-state index in [0.29, 0.717) is 19.6 Å². The normalized spacial score (nSPS) is 20.7. The van der Waals surface area contributed by atoms with Crippen LogP contribution >= 0.6 is 0 Å². The van der Waals surface area contributed by atoms with Gasteiger partial charge >= 0.3 is 5.97 Å². The number of ether oxygens (including phenoxy) is 2. The highest BCUT2D eigenvalue weighted by Crippen LogP contribution is 2.38. The maximum Gasteiger partial charge on any atom is 0.335 e. The lowest BCUT2D eigenvalue weighted by atomic mass is 9.74. The minimum absolute atomic E-state index is 0.0348. The first-order valence-electron chi connectivity index (χ1n) is 9.89. The van der Waals surface area contributed by atoms with E-state index in [0.717, 1.165) is 12.8 Å². The Morgan fingerprint density at radius 3 is 2.33 bits per heavy atom. The van der Waals surface area contributed by atoms with E-state index in [1.807, 2.05) is 13.0 Å². The Balaban J connectivity index is 1.82. The van der Waals surface area contributed by atoms with Gasteiger partial charge in [0.25, 0.3) is 0 Å². The Bertz CT molecular complexity index is 633. The number of carbonyl (C=O) groups is 1. The van der Waals surface area contributed by atoms with Crippen LogP contribution < -0.4 is 0 Å². The first-order valence-corrected chi connectivity index (χ1v) is 9.89. The van der Waals surface area contributed by atoms with E-state index in [1.165, 1.54) is 0 Å². The van der Waals surface area contributed by atoms with Crippen molar-refractivity contribution in [3.8, 4) is 0 Å². The van der Waals surface area contributed by atoms with Gasteiger partial charge in [-0.15, -0.1) is 0 Å². The van der Waals surface area contributed by atoms with Crippen molar-refractivity contribution in [1.29, 1.82) is 0 Å². The van der Waals surface area contributed by atoms with E-state index in [4.69, 9.17) is 9.47 Å². The van der Waals surface area contributed by atoms with Gasteiger partial charge in [-0.2, -0.15) is 0 Å². The third kappa shape index (κ3) is 6.51. The molecule has 0 fully saturated rings. The molecule has 0 aromatic rings. The van der Waals surface area contributed by atoms with E-state index in [9.17, 15) is 4.79 Å². The molecular weight excluding hydrogens is 336 g/mol.